The van der Waals surface area contributed by atoms with Gasteiger partial charge in [0.2, 0.25) is 0 Å². The van der Waals surface area contributed by atoms with Crippen molar-refractivity contribution in [2.45, 2.75) is 13.0 Å². The normalized spacial score (nSPS) is 10.2. The molecule has 0 atom stereocenters. The van der Waals surface area contributed by atoms with Crippen molar-refractivity contribution in [1.29, 1.82) is 0 Å². The third-order valence-electron chi connectivity index (χ3n) is 1.47. The Hall–Kier alpha value is -1.63. The standard InChI is InChI=1S/C6H9N3O4/c10-3-1-2-9-5(12)7-4(11)8-6(9)13/h10H,1-3H2,(H2,7,8,11,12,13). The summed E-state index contributed by atoms with van der Waals surface area (Å²) in [6, 6.07) is 0. The highest BCUT2D eigenvalue weighted by Gasteiger charge is 2.00. The summed E-state index contributed by atoms with van der Waals surface area (Å²) in [4.78, 5) is 36.3. The maximum Gasteiger partial charge on any atom is 0.333 e. The van der Waals surface area contributed by atoms with Gasteiger partial charge < -0.3 is 5.11 Å². The fourth-order valence-electron chi connectivity index (χ4n) is 0.885. The average Bonchev–Trinajstić information content (AvgIpc) is 2.02. The van der Waals surface area contributed by atoms with Gasteiger partial charge in [0.15, 0.2) is 0 Å². The number of nitrogens with one attached hydrogen (secondary N) is 2. The minimum absolute atomic E-state index is 0.0848. The van der Waals surface area contributed by atoms with E-state index in [0.29, 0.717) is 0 Å². The molecule has 72 valence electrons. The van der Waals surface area contributed by atoms with Crippen molar-refractivity contribution in [2.24, 2.45) is 0 Å². The molecule has 0 bridgehead atoms. The number of H-pyrrole nitrogens is 2. The van der Waals surface area contributed by atoms with Gasteiger partial charge in [-0.05, 0) is 6.42 Å². The molecule has 1 rings (SSSR count). The zero-order valence-electron chi connectivity index (χ0n) is 6.74. The lowest BCUT2D eigenvalue weighted by atomic mass is 10.4. The van der Waals surface area contributed by atoms with Crippen LogP contribution in [-0.2, 0) is 6.54 Å². The summed E-state index contributed by atoms with van der Waals surface area (Å²) < 4.78 is 0.817. The van der Waals surface area contributed by atoms with Gasteiger partial charge in [0.1, 0.15) is 0 Å². The molecule has 3 N–H and O–H groups in total. The van der Waals surface area contributed by atoms with Crippen LogP contribution in [0, 0.1) is 0 Å². The molecule has 0 amide bonds. The Morgan fingerprint density at radius 2 is 1.69 bits per heavy atom. The second-order valence-electron chi connectivity index (χ2n) is 2.42. The Morgan fingerprint density at radius 3 is 2.15 bits per heavy atom. The molecule has 13 heavy (non-hydrogen) atoms. The molecule has 0 aliphatic carbocycles. The predicted octanol–water partition coefficient (Wildman–Crippen LogP) is -2.39. The number of aromatic amines is 2. The molecule has 0 unspecified atom stereocenters. The summed E-state index contributed by atoms with van der Waals surface area (Å²) in [5, 5.41) is 8.46. The topological polar surface area (TPSA) is 108 Å². The van der Waals surface area contributed by atoms with E-state index >= 15 is 0 Å². The highest BCUT2D eigenvalue weighted by atomic mass is 16.3. The van der Waals surface area contributed by atoms with Crippen molar-refractivity contribution in [2.75, 3.05) is 6.61 Å². The molecular weight excluding hydrogens is 178 g/mol. The Bertz CT molecular complexity index is 406. The molecule has 0 fully saturated rings. The van der Waals surface area contributed by atoms with Crippen LogP contribution in [0.2, 0.25) is 0 Å². The van der Waals surface area contributed by atoms with Gasteiger partial charge >= 0.3 is 17.1 Å². The molecule has 0 saturated heterocycles. The number of hydrogen-bond donors (Lipinski definition) is 3. The molecule has 0 radical (unpaired) electrons. The zero-order chi connectivity index (χ0) is 9.84. The van der Waals surface area contributed by atoms with E-state index in [2.05, 4.69) is 0 Å². The van der Waals surface area contributed by atoms with E-state index < -0.39 is 17.1 Å². The lowest BCUT2D eigenvalue weighted by Gasteiger charge is -1.99. The Balaban J connectivity index is 3.15. The van der Waals surface area contributed by atoms with Crippen molar-refractivity contribution in [3.8, 4) is 0 Å². The van der Waals surface area contributed by atoms with E-state index in [4.69, 9.17) is 5.11 Å². The molecule has 0 aliphatic heterocycles. The fraction of sp³-hybridized carbons (Fsp3) is 0.500. The molecule has 1 aromatic heterocycles. The third kappa shape index (κ3) is 2.15. The van der Waals surface area contributed by atoms with Crippen LogP contribution in [0.5, 0.6) is 0 Å². The van der Waals surface area contributed by atoms with Gasteiger partial charge in [-0.1, -0.05) is 0 Å². The minimum Gasteiger partial charge on any atom is -0.396 e. The molecule has 0 aliphatic rings. The highest BCUT2D eigenvalue weighted by Crippen LogP contribution is 1.76. The molecular formula is C6H9N3O4. The Kier molecular flexibility index (Phi) is 2.80. The smallest absolute Gasteiger partial charge is 0.333 e. The maximum atomic E-state index is 11.0. The van der Waals surface area contributed by atoms with Gasteiger partial charge in [-0.3, -0.25) is 9.97 Å². The summed E-state index contributed by atoms with van der Waals surface area (Å²) in [6.45, 7) is -0.0353. The number of hydrogen-bond acceptors (Lipinski definition) is 4. The van der Waals surface area contributed by atoms with Gasteiger partial charge in [0.25, 0.3) is 0 Å². The molecule has 7 heteroatoms. The summed E-state index contributed by atoms with van der Waals surface area (Å²) in [5.74, 6) is 0. The van der Waals surface area contributed by atoms with Gasteiger partial charge in [0.05, 0.1) is 0 Å². The minimum atomic E-state index is -0.824. The lowest BCUT2D eigenvalue weighted by molar-refractivity contribution is 0.277. The van der Waals surface area contributed by atoms with Crippen LogP contribution in [0.25, 0.3) is 0 Å². The van der Waals surface area contributed by atoms with Crippen LogP contribution in [-0.4, -0.2) is 26.2 Å². The van der Waals surface area contributed by atoms with Crippen LogP contribution in [0.15, 0.2) is 14.4 Å². The van der Waals surface area contributed by atoms with E-state index in [0.717, 1.165) is 4.57 Å². The van der Waals surface area contributed by atoms with Crippen molar-refractivity contribution in [3.63, 3.8) is 0 Å². The summed E-state index contributed by atoms with van der Waals surface area (Å²) >= 11 is 0. The van der Waals surface area contributed by atoms with Crippen molar-refractivity contribution >= 4 is 0 Å². The number of aromatic nitrogens is 3. The van der Waals surface area contributed by atoms with Crippen molar-refractivity contribution < 1.29 is 5.11 Å². The first-order valence-electron chi connectivity index (χ1n) is 3.69. The highest BCUT2D eigenvalue weighted by molar-refractivity contribution is 4.68. The number of aliphatic hydroxyl groups excluding tert-OH is 1. The lowest BCUT2D eigenvalue weighted by Crippen LogP contribution is -2.43. The van der Waals surface area contributed by atoms with E-state index in [-0.39, 0.29) is 19.6 Å². The largest absolute Gasteiger partial charge is 0.396 e. The fourth-order valence-corrected chi connectivity index (χ4v) is 0.885. The van der Waals surface area contributed by atoms with Crippen LogP contribution in [0.3, 0.4) is 0 Å². The van der Waals surface area contributed by atoms with E-state index in [1.807, 2.05) is 9.97 Å². The number of aliphatic hydroxyl groups is 1. The van der Waals surface area contributed by atoms with Crippen molar-refractivity contribution in [1.82, 2.24) is 14.5 Å². The van der Waals surface area contributed by atoms with E-state index in [1.165, 1.54) is 0 Å². The first kappa shape index (κ1) is 9.46. The van der Waals surface area contributed by atoms with Gasteiger partial charge in [-0.25, -0.2) is 19.0 Å². The second kappa shape index (κ2) is 3.85. The molecule has 1 aromatic rings. The quantitative estimate of drug-likeness (QED) is 0.490. The van der Waals surface area contributed by atoms with Crippen LogP contribution in [0.4, 0.5) is 0 Å². The third-order valence-corrected chi connectivity index (χ3v) is 1.47. The predicted molar refractivity (Wildman–Crippen MR) is 43.6 cm³/mol. The van der Waals surface area contributed by atoms with Crippen LogP contribution >= 0.6 is 0 Å². The average molecular weight is 187 g/mol. The van der Waals surface area contributed by atoms with Gasteiger partial charge in [-0.2, -0.15) is 0 Å². The molecule has 0 spiro atoms. The molecule has 0 saturated carbocycles. The van der Waals surface area contributed by atoms with E-state index in [1.54, 1.807) is 0 Å². The molecule has 7 nitrogen and oxygen atoms in total. The Labute approximate surface area is 71.7 Å². The van der Waals surface area contributed by atoms with Crippen LogP contribution < -0.4 is 17.1 Å². The second-order valence-corrected chi connectivity index (χ2v) is 2.42. The molecule has 1 heterocycles. The first-order valence-corrected chi connectivity index (χ1v) is 3.69. The summed E-state index contributed by atoms with van der Waals surface area (Å²) in [6.07, 6.45) is 0.287. The zero-order valence-corrected chi connectivity index (χ0v) is 6.74. The first-order chi connectivity index (χ1) is 6.15. The summed E-state index contributed by atoms with van der Waals surface area (Å²) in [7, 11) is 0. The number of rotatable bonds is 3. The number of nitrogens with zero attached hydrogens (tertiary/aromatic N) is 1. The summed E-state index contributed by atoms with van der Waals surface area (Å²) in [5.41, 5.74) is -2.35. The van der Waals surface area contributed by atoms with Gasteiger partial charge in [-0.15, -0.1) is 0 Å². The van der Waals surface area contributed by atoms with Crippen molar-refractivity contribution in [3.05, 3.63) is 31.5 Å². The van der Waals surface area contributed by atoms with Crippen LogP contribution in [0.1, 0.15) is 6.42 Å². The van der Waals surface area contributed by atoms with Gasteiger partial charge in [0, 0.05) is 13.2 Å². The molecule has 0 aromatic carbocycles. The Morgan fingerprint density at radius 1 is 1.15 bits per heavy atom. The van der Waals surface area contributed by atoms with E-state index in [9.17, 15) is 14.4 Å². The monoisotopic (exact) mass is 187 g/mol. The maximum absolute atomic E-state index is 11.0. The SMILES string of the molecule is O=c1[nH]c(=O)n(CCCO)c(=O)[nH]1.